The van der Waals surface area contributed by atoms with E-state index >= 15 is 0 Å². The predicted molar refractivity (Wildman–Crippen MR) is 74.8 cm³/mol. The van der Waals surface area contributed by atoms with Crippen LogP contribution in [-0.4, -0.2) is 36.6 Å². The summed E-state index contributed by atoms with van der Waals surface area (Å²) in [4.78, 5) is 2.29. The number of rotatable bonds is 6. The van der Waals surface area contributed by atoms with Crippen molar-refractivity contribution in [2.45, 2.75) is 39.8 Å². The van der Waals surface area contributed by atoms with Crippen LogP contribution in [0.3, 0.4) is 0 Å². The average Bonchev–Trinajstić information content (AvgIpc) is 2.98. The molecule has 19 heavy (non-hydrogen) atoms. The summed E-state index contributed by atoms with van der Waals surface area (Å²) in [6.45, 7) is 8.98. The average molecular weight is 280 g/mol. The quantitative estimate of drug-likeness (QED) is 0.807. The van der Waals surface area contributed by atoms with Gasteiger partial charge in [-0.1, -0.05) is 37.3 Å². The van der Waals surface area contributed by atoms with Crippen molar-refractivity contribution in [3.8, 4) is 0 Å². The van der Waals surface area contributed by atoms with Gasteiger partial charge in [0, 0.05) is 25.7 Å². The third-order valence-electron chi connectivity index (χ3n) is 2.82. The fourth-order valence-electron chi connectivity index (χ4n) is 1.73. The lowest BCUT2D eigenvalue weighted by molar-refractivity contribution is 0.267. The van der Waals surface area contributed by atoms with Crippen LogP contribution in [0.15, 0.2) is 6.20 Å². The molecule has 2 rings (SSSR count). The normalized spacial score (nSPS) is 11.7. The molecule has 7 heteroatoms. The Labute approximate surface area is 117 Å². The second kappa shape index (κ2) is 6.21. The van der Waals surface area contributed by atoms with Crippen molar-refractivity contribution in [3.05, 3.63) is 21.9 Å². The SMILES string of the molecule is CCN(Cc1cn(C)nn1)Cc1nnc(C(C)C)s1. The Bertz CT molecular complexity index is 518. The maximum Gasteiger partial charge on any atom is 0.131 e. The Morgan fingerprint density at radius 1 is 1.26 bits per heavy atom. The Balaban J connectivity index is 1.98. The molecule has 2 heterocycles. The van der Waals surface area contributed by atoms with Crippen molar-refractivity contribution in [1.29, 1.82) is 0 Å². The van der Waals surface area contributed by atoms with Crippen LogP contribution in [0.4, 0.5) is 0 Å². The number of hydrogen-bond acceptors (Lipinski definition) is 6. The molecule has 0 saturated heterocycles. The van der Waals surface area contributed by atoms with E-state index in [2.05, 4.69) is 46.2 Å². The van der Waals surface area contributed by atoms with Crippen LogP contribution in [-0.2, 0) is 20.1 Å². The van der Waals surface area contributed by atoms with Gasteiger partial charge in [-0.25, -0.2) is 0 Å². The van der Waals surface area contributed by atoms with Gasteiger partial charge in [0.15, 0.2) is 0 Å². The molecule has 2 aromatic heterocycles. The molecule has 0 atom stereocenters. The molecule has 0 radical (unpaired) electrons. The van der Waals surface area contributed by atoms with Crippen LogP contribution in [0.5, 0.6) is 0 Å². The lowest BCUT2D eigenvalue weighted by atomic mass is 10.2. The summed E-state index contributed by atoms with van der Waals surface area (Å²) in [5, 5.41) is 18.7. The fourth-order valence-corrected chi connectivity index (χ4v) is 2.62. The Morgan fingerprint density at radius 2 is 2.05 bits per heavy atom. The summed E-state index contributed by atoms with van der Waals surface area (Å²) >= 11 is 1.70. The lowest BCUT2D eigenvalue weighted by Gasteiger charge is -2.16. The zero-order valence-electron chi connectivity index (χ0n) is 11.9. The van der Waals surface area contributed by atoms with Gasteiger partial charge < -0.3 is 0 Å². The molecule has 0 saturated carbocycles. The summed E-state index contributed by atoms with van der Waals surface area (Å²) in [6, 6.07) is 0. The molecule has 0 spiro atoms. The van der Waals surface area contributed by atoms with Crippen molar-refractivity contribution < 1.29 is 0 Å². The first-order valence-electron chi connectivity index (χ1n) is 6.48. The molecule has 0 aliphatic heterocycles. The number of aromatic nitrogens is 5. The van der Waals surface area contributed by atoms with Gasteiger partial charge >= 0.3 is 0 Å². The molecule has 0 N–H and O–H groups in total. The second-order valence-electron chi connectivity index (χ2n) is 4.88. The zero-order chi connectivity index (χ0) is 13.8. The molecule has 0 aliphatic rings. The second-order valence-corrected chi connectivity index (χ2v) is 5.97. The van der Waals surface area contributed by atoms with Crippen molar-refractivity contribution in [2.75, 3.05) is 6.54 Å². The van der Waals surface area contributed by atoms with Gasteiger partial charge in [0.05, 0.1) is 12.2 Å². The highest BCUT2D eigenvalue weighted by Crippen LogP contribution is 2.20. The van der Waals surface area contributed by atoms with Crippen LogP contribution in [0.25, 0.3) is 0 Å². The highest BCUT2D eigenvalue weighted by Gasteiger charge is 2.12. The van der Waals surface area contributed by atoms with Gasteiger partial charge in [-0.15, -0.1) is 15.3 Å². The molecule has 6 nitrogen and oxygen atoms in total. The van der Waals surface area contributed by atoms with Crippen molar-refractivity contribution in [1.82, 2.24) is 30.1 Å². The summed E-state index contributed by atoms with van der Waals surface area (Å²) in [5.41, 5.74) is 0.984. The van der Waals surface area contributed by atoms with Gasteiger partial charge in [-0.3, -0.25) is 9.58 Å². The highest BCUT2D eigenvalue weighted by atomic mass is 32.1. The molecular formula is C12H20N6S. The molecule has 0 unspecified atom stereocenters. The molecule has 2 aromatic rings. The van der Waals surface area contributed by atoms with Gasteiger partial charge in [-0.05, 0) is 6.54 Å². The molecule has 0 amide bonds. The lowest BCUT2D eigenvalue weighted by Crippen LogP contribution is -2.22. The fraction of sp³-hybridized carbons (Fsp3) is 0.667. The molecular weight excluding hydrogens is 260 g/mol. The topological polar surface area (TPSA) is 59.7 Å². The van der Waals surface area contributed by atoms with E-state index in [0.29, 0.717) is 5.92 Å². The summed E-state index contributed by atoms with van der Waals surface area (Å²) < 4.78 is 1.73. The maximum absolute atomic E-state index is 4.26. The Kier molecular flexibility index (Phi) is 4.60. The van der Waals surface area contributed by atoms with Crippen LogP contribution in [0.1, 0.15) is 42.4 Å². The van der Waals surface area contributed by atoms with Crippen molar-refractivity contribution in [3.63, 3.8) is 0 Å². The van der Waals surface area contributed by atoms with E-state index < -0.39 is 0 Å². The first-order chi connectivity index (χ1) is 9.08. The maximum atomic E-state index is 4.26. The molecule has 0 aromatic carbocycles. The minimum absolute atomic E-state index is 0.446. The first kappa shape index (κ1) is 14.1. The van der Waals surface area contributed by atoms with E-state index in [9.17, 15) is 0 Å². The Hall–Kier alpha value is -1.34. The monoisotopic (exact) mass is 280 g/mol. The smallest absolute Gasteiger partial charge is 0.131 e. The molecule has 0 aliphatic carbocycles. The van der Waals surface area contributed by atoms with Gasteiger partial charge in [0.2, 0.25) is 0 Å². The predicted octanol–water partition coefficient (Wildman–Crippen LogP) is 1.81. The van der Waals surface area contributed by atoms with Crippen molar-refractivity contribution >= 4 is 11.3 Å². The summed E-state index contributed by atoms with van der Waals surface area (Å²) in [6.07, 6.45) is 1.95. The molecule has 0 bridgehead atoms. The van der Waals surface area contributed by atoms with E-state index in [1.165, 1.54) is 0 Å². The van der Waals surface area contributed by atoms with Crippen LogP contribution >= 0.6 is 11.3 Å². The van der Waals surface area contributed by atoms with E-state index in [1.807, 2.05) is 13.2 Å². The number of hydrogen-bond donors (Lipinski definition) is 0. The molecule has 0 fully saturated rings. The summed E-state index contributed by atoms with van der Waals surface area (Å²) in [7, 11) is 1.88. The van der Waals surface area contributed by atoms with Gasteiger partial charge in [-0.2, -0.15) is 0 Å². The van der Waals surface area contributed by atoms with E-state index in [0.717, 1.165) is 35.3 Å². The third kappa shape index (κ3) is 3.81. The van der Waals surface area contributed by atoms with Crippen LogP contribution < -0.4 is 0 Å². The third-order valence-corrected chi connectivity index (χ3v) is 4.03. The van der Waals surface area contributed by atoms with Crippen LogP contribution in [0.2, 0.25) is 0 Å². The molecule has 104 valence electrons. The largest absolute Gasteiger partial charge is 0.291 e. The standard InChI is InChI=1S/C12H20N6S/c1-5-18(7-10-6-17(4)16-13-10)8-11-14-15-12(19-11)9(2)3/h6,9H,5,7-8H2,1-4H3. The van der Waals surface area contributed by atoms with Gasteiger partial charge in [0.25, 0.3) is 0 Å². The van der Waals surface area contributed by atoms with Gasteiger partial charge in [0.1, 0.15) is 10.0 Å². The van der Waals surface area contributed by atoms with Crippen LogP contribution in [0, 0.1) is 0 Å². The highest BCUT2D eigenvalue weighted by molar-refractivity contribution is 7.11. The minimum Gasteiger partial charge on any atom is -0.291 e. The zero-order valence-corrected chi connectivity index (χ0v) is 12.7. The number of aryl methyl sites for hydroxylation is 1. The first-order valence-corrected chi connectivity index (χ1v) is 7.30. The van der Waals surface area contributed by atoms with Crippen molar-refractivity contribution in [2.24, 2.45) is 7.05 Å². The number of nitrogens with zero attached hydrogens (tertiary/aromatic N) is 6. The Morgan fingerprint density at radius 3 is 2.58 bits per heavy atom. The minimum atomic E-state index is 0.446. The van der Waals surface area contributed by atoms with E-state index in [4.69, 9.17) is 0 Å². The summed E-state index contributed by atoms with van der Waals surface area (Å²) in [5.74, 6) is 0.446. The van der Waals surface area contributed by atoms with E-state index in [-0.39, 0.29) is 0 Å². The van der Waals surface area contributed by atoms with E-state index in [1.54, 1.807) is 16.0 Å².